The molecule has 0 amide bonds. The Kier molecular flexibility index (Phi) is 6.95. The fourth-order valence-corrected chi connectivity index (χ4v) is 6.19. The molecule has 2 nitrogen and oxygen atoms in total. The molecule has 7 rings (SSSR count). The van der Waals surface area contributed by atoms with Gasteiger partial charge in [0, 0.05) is 16.8 Å². The number of fused-ring (bicyclic) bond motifs is 1. The number of anilines is 1. The van der Waals surface area contributed by atoms with E-state index >= 15 is 0 Å². The zero-order valence-electron chi connectivity index (χ0n) is 23.4. The van der Waals surface area contributed by atoms with E-state index in [1.807, 2.05) is 36.4 Å². The predicted octanol–water partition coefficient (Wildman–Crippen LogP) is 9.99. The van der Waals surface area contributed by atoms with Crippen LogP contribution in [0.25, 0.3) is 22.4 Å². The van der Waals surface area contributed by atoms with Gasteiger partial charge in [0.05, 0.1) is 11.4 Å². The normalized spacial score (nSPS) is 14.9. The Hall–Kier alpha value is -5.21. The Labute approximate surface area is 247 Å². The Balaban J connectivity index is 1.48. The highest BCUT2D eigenvalue weighted by Gasteiger charge is 2.35. The summed E-state index contributed by atoms with van der Waals surface area (Å²) in [5.41, 5.74) is 11.8. The summed E-state index contributed by atoms with van der Waals surface area (Å²) >= 11 is 0. The van der Waals surface area contributed by atoms with Gasteiger partial charge in [-0.2, -0.15) is 0 Å². The Morgan fingerprint density at radius 1 is 0.524 bits per heavy atom. The number of Topliss-reactive ketones (excluding diaryl/α,β-unsaturated/α-hetero) is 1. The summed E-state index contributed by atoms with van der Waals surface area (Å²) in [4.78, 5) is 16.6. The summed E-state index contributed by atoms with van der Waals surface area (Å²) in [7, 11) is 0. The number of hydrogen-bond donors (Lipinski definition) is 0. The molecule has 2 aliphatic rings. The van der Waals surface area contributed by atoms with E-state index in [-0.39, 0.29) is 5.78 Å². The molecule has 0 fully saturated rings. The first kappa shape index (κ1) is 25.7. The number of nitrogens with zero attached hydrogens (tertiary/aromatic N) is 1. The van der Waals surface area contributed by atoms with Gasteiger partial charge in [0.1, 0.15) is 0 Å². The second-order valence-electron chi connectivity index (χ2n) is 10.8. The lowest BCUT2D eigenvalue weighted by Crippen LogP contribution is -2.30. The highest BCUT2D eigenvalue weighted by molar-refractivity contribution is 6.12. The van der Waals surface area contributed by atoms with Gasteiger partial charge in [-0.3, -0.25) is 4.79 Å². The van der Waals surface area contributed by atoms with Crippen molar-refractivity contribution in [3.8, 4) is 11.1 Å². The molecule has 0 N–H and O–H groups in total. The van der Waals surface area contributed by atoms with Crippen LogP contribution in [0.4, 0.5) is 5.69 Å². The van der Waals surface area contributed by atoms with E-state index in [0.29, 0.717) is 0 Å². The van der Waals surface area contributed by atoms with Gasteiger partial charge in [-0.25, -0.2) is 0 Å². The molecule has 0 atom stereocenters. The van der Waals surface area contributed by atoms with Gasteiger partial charge < -0.3 is 4.90 Å². The Bertz CT molecular complexity index is 1810. The van der Waals surface area contributed by atoms with Crippen molar-refractivity contribution in [3.63, 3.8) is 0 Å². The molecule has 0 aromatic heterocycles. The third-order valence-corrected chi connectivity index (χ3v) is 8.19. The summed E-state index contributed by atoms with van der Waals surface area (Å²) in [5.74, 6) is 0.107. The van der Waals surface area contributed by atoms with Crippen LogP contribution in [0.2, 0.25) is 0 Å². The second-order valence-corrected chi connectivity index (χ2v) is 10.8. The van der Waals surface area contributed by atoms with Gasteiger partial charge in [-0.05, 0) is 70.9 Å². The first-order valence-electron chi connectivity index (χ1n) is 14.6. The number of hydrogen-bond acceptors (Lipinski definition) is 2. The number of carbonyl (C=O) groups excluding carboxylic acids is 1. The highest BCUT2D eigenvalue weighted by Crippen LogP contribution is 2.48. The summed E-state index contributed by atoms with van der Waals surface area (Å²) in [5, 5.41) is 0. The lowest BCUT2D eigenvalue weighted by molar-refractivity contribution is 0.102. The van der Waals surface area contributed by atoms with Gasteiger partial charge in [0.15, 0.2) is 5.78 Å². The molecule has 0 saturated carbocycles. The highest BCUT2D eigenvalue weighted by atomic mass is 16.1. The molecule has 0 bridgehead atoms. The quantitative estimate of drug-likeness (QED) is 0.199. The topological polar surface area (TPSA) is 20.3 Å². The molecular formula is C40H31NO. The molecule has 5 aromatic carbocycles. The molecule has 1 heterocycles. The zero-order chi connectivity index (χ0) is 28.3. The van der Waals surface area contributed by atoms with E-state index in [9.17, 15) is 4.79 Å². The predicted molar refractivity (Wildman–Crippen MR) is 174 cm³/mol. The molecular weight excluding hydrogens is 510 g/mol. The third kappa shape index (κ3) is 4.82. The van der Waals surface area contributed by atoms with E-state index in [4.69, 9.17) is 0 Å². The SMILES string of the molecule is O=C(C1=C2C(=C(c3ccccc3)C=C(c3ccccc3)N2c2ccc(-c3ccccc3)cc2)CCC1)c1ccccc1. The number of carbonyl (C=O) groups is 1. The fourth-order valence-electron chi connectivity index (χ4n) is 6.19. The van der Waals surface area contributed by atoms with E-state index in [1.54, 1.807) is 0 Å². The molecule has 0 unspecified atom stereocenters. The summed E-state index contributed by atoms with van der Waals surface area (Å²) in [6.07, 6.45) is 4.93. The van der Waals surface area contributed by atoms with Gasteiger partial charge >= 0.3 is 0 Å². The first-order valence-corrected chi connectivity index (χ1v) is 14.6. The molecule has 1 aliphatic carbocycles. The number of ketones is 1. The molecule has 42 heavy (non-hydrogen) atoms. The van der Waals surface area contributed by atoms with Crippen LogP contribution in [0.1, 0.15) is 40.7 Å². The summed E-state index contributed by atoms with van der Waals surface area (Å²) in [6.45, 7) is 0. The molecule has 0 spiro atoms. The van der Waals surface area contributed by atoms with Crippen molar-refractivity contribution in [2.24, 2.45) is 0 Å². The van der Waals surface area contributed by atoms with Crippen molar-refractivity contribution >= 4 is 22.7 Å². The van der Waals surface area contributed by atoms with Crippen molar-refractivity contribution < 1.29 is 4.79 Å². The molecule has 202 valence electrons. The van der Waals surface area contributed by atoms with Crippen LogP contribution >= 0.6 is 0 Å². The minimum Gasteiger partial charge on any atom is -0.309 e. The monoisotopic (exact) mass is 541 g/mol. The number of benzene rings is 5. The summed E-state index contributed by atoms with van der Waals surface area (Å²) in [6, 6.07) is 50.1. The van der Waals surface area contributed by atoms with Crippen LogP contribution in [0.5, 0.6) is 0 Å². The fraction of sp³-hybridized carbons (Fsp3) is 0.0750. The van der Waals surface area contributed by atoms with E-state index in [0.717, 1.165) is 53.0 Å². The smallest absolute Gasteiger partial charge is 0.191 e. The van der Waals surface area contributed by atoms with Crippen molar-refractivity contribution in [1.29, 1.82) is 0 Å². The van der Waals surface area contributed by atoms with Gasteiger partial charge in [-0.1, -0.05) is 133 Å². The lowest BCUT2D eigenvalue weighted by Gasteiger charge is -2.40. The van der Waals surface area contributed by atoms with E-state index in [1.165, 1.54) is 27.8 Å². The molecule has 0 saturated heterocycles. The average molecular weight is 542 g/mol. The minimum atomic E-state index is 0.107. The van der Waals surface area contributed by atoms with E-state index < -0.39 is 0 Å². The van der Waals surface area contributed by atoms with Gasteiger partial charge in [-0.15, -0.1) is 0 Å². The number of rotatable bonds is 6. The van der Waals surface area contributed by atoms with Crippen molar-refractivity contribution in [2.45, 2.75) is 19.3 Å². The molecule has 0 radical (unpaired) electrons. The van der Waals surface area contributed by atoms with Crippen LogP contribution in [0.15, 0.2) is 169 Å². The van der Waals surface area contributed by atoms with Crippen LogP contribution in [-0.4, -0.2) is 5.78 Å². The molecule has 1 aliphatic heterocycles. The van der Waals surface area contributed by atoms with Crippen molar-refractivity contribution in [2.75, 3.05) is 4.90 Å². The maximum atomic E-state index is 14.2. The maximum Gasteiger partial charge on any atom is 0.191 e. The van der Waals surface area contributed by atoms with Crippen LogP contribution in [-0.2, 0) is 0 Å². The minimum absolute atomic E-state index is 0.107. The second kappa shape index (κ2) is 11.3. The summed E-state index contributed by atoms with van der Waals surface area (Å²) < 4.78 is 0. The van der Waals surface area contributed by atoms with Crippen LogP contribution < -0.4 is 4.90 Å². The third-order valence-electron chi connectivity index (χ3n) is 8.19. The standard InChI is InChI=1S/C40H31NO/c42-40(33-20-11-4-12-21-33)36-23-13-22-35-37(31-16-7-2-8-17-31)28-38(32-18-9-3-10-19-32)41(39(35)36)34-26-24-30(25-27-34)29-14-5-1-6-15-29/h1-12,14-21,24-28H,13,22-23H2. The van der Waals surface area contributed by atoms with Gasteiger partial charge in [0.25, 0.3) is 0 Å². The van der Waals surface area contributed by atoms with Gasteiger partial charge in [0.2, 0.25) is 0 Å². The molecule has 5 aromatic rings. The van der Waals surface area contributed by atoms with Crippen LogP contribution in [0, 0.1) is 0 Å². The molecule has 2 heteroatoms. The first-order chi connectivity index (χ1) is 20.8. The Morgan fingerprint density at radius 2 is 1.05 bits per heavy atom. The zero-order valence-corrected chi connectivity index (χ0v) is 23.4. The van der Waals surface area contributed by atoms with E-state index in [2.05, 4.69) is 120 Å². The van der Waals surface area contributed by atoms with Crippen molar-refractivity contribution in [1.82, 2.24) is 0 Å². The largest absolute Gasteiger partial charge is 0.309 e. The van der Waals surface area contributed by atoms with Crippen LogP contribution in [0.3, 0.4) is 0 Å². The maximum absolute atomic E-state index is 14.2. The number of allylic oxidation sites excluding steroid dienone is 4. The average Bonchev–Trinajstić information content (AvgIpc) is 3.08. The lowest BCUT2D eigenvalue weighted by atomic mass is 9.80. The Morgan fingerprint density at radius 3 is 1.67 bits per heavy atom. The van der Waals surface area contributed by atoms with Crippen molar-refractivity contribution in [3.05, 3.63) is 185 Å².